The fraction of sp³-hybridized carbons (Fsp3) is 0.278. The molecule has 0 spiro atoms. The number of nitrogens with one attached hydrogen (secondary N) is 2. The summed E-state index contributed by atoms with van der Waals surface area (Å²) in [5.74, 6) is -0.285. The van der Waals surface area contributed by atoms with Crippen LogP contribution in [-0.2, 0) is 11.0 Å². The molecule has 6 heteroatoms. The molecule has 0 aromatic heterocycles. The van der Waals surface area contributed by atoms with Crippen molar-refractivity contribution >= 4 is 5.91 Å². The maximum atomic E-state index is 12.7. The van der Waals surface area contributed by atoms with Gasteiger partial charge in [-0.3, -0.25) is 4.79 Å². The van der Waals surface area contributed by atoms with Gasteiger partial charge in [0, 0.05) is 19.5 Å². The van der Waals surface area contributed by atoms with Crippen molar-refractivity contribution < 1.29 is 18.0 Å². The van der Waals surface area contributed by atoms with Gasteiger partial charge in [-0.05, 0) is 23.3 Å². The van der Waals surface area contributed by atoms with Crippen LogP contribution in [0.15, 0.2) is 54.6 Å². The highest BCUT2D eigenvalue weighted by Gasteiger charge is 2.30. The highest BCUT2D eigenvalue weighted by molar-refractivity contribution is 5.77. The molecule has 1 unspecified atom stereocenters. The molecule has 2 rings (SSSR count). The predicted octanol–water partition coefficient (Wildman–Crippen LogP) is 3.17. The minimum Gasteiger partial charge on any atom is -0.358 e. The van der Waals surface area contributed by atoms with Gasteiger partial charge in [-0.2, -0.15) is 13.2 Å². The third kappa shape index (κ3) is 4.83. The number of halogens is 3. The monoisotopic (exact) mass is 336 g/mol. The largest absolute Gasteiger partial charge is 0.416 e. The second-order valence-corrected chi connectivity index (χ2v) is 5.39. The summed E-state index contributed by atoms with van der Waals surface area (Å²) in [7, 11) is 1.55. The summed E-state index contributed by atoms with van der Waals surface area (Å²) in [4.78, 5) is 11.3. The maximum Gasteiger partial charge on any atom is 0.416 e. The minimum absolute atomic E-state index is 0.141. The van der Waals surface area contributed by atoms with Crippen LogP contribution >= 0.6 is 0 Å². The van der Waals surface area contributed by atoms with Gasteiger partial charge in [-0.25, -0.2) is 0 Å². The molecule has 2 aromatic rings. The molecular formula is C18H19F3N2O. The number of carbonyl (C=O) groups excluding carboxylic acids is 1. The van der Waals surface area contributed by atoms with Crippen LogP contribution in [0.2, 0.25) is 0 Å². The van der Waals surface area contributed by atoms with Gasteiger partial charge >= 0.3 is 6.18 Å². The number of alkyl halides is 3. The summed E-state index contributed by atoms with van der Waals surface area (Å²) >= 11 is 0. The molecule has 0 saturated heterocycles. The quantitative estimate of drug-likeness (QED) is 0.851. The van der Waals surface area contributed by atoms with E-state index < -0.39 is 11.7 Å². The van der Waals surface area contributed by atoms with E-state index in [-0.39, 0.29) is 18.4 Å². The van der Waals surface area contributed by atoms with Crippen molar-refractivity contribution in [1.29, 1.82) is 0 Å². The van der Waals surface area contributed by atoms with E-state index in [1.165, 1.54) is 12.1 Å². The molecule has 24 heavy (non-hydrogen) atoms. The zero-order chi connectivity index (χ0) is 17.6. The molecular weight excluding hydrogens is 317 g/mol. The SMILES string of the molecule is CNC(=O)CNCC(c1ccccc1)c1ccc(C(F)(F)F)cc1. The zero-order valence-corrected chi connectivity index (χ0v) is 13.2. The predicted molar refractivity (Wildman–Crippen MR) is 86.7 cm³/mol. The van der Waals surface area contributed by atoms with E-state index in [0.717, 1.165) is 23.3 Å². The highest BCUT2D eigenvalue weighted by atomic mass is 19.4. The van der Waals surface area contributed by atoms with E-state index in [1.807, 2.05) is 30.3 Å². The summed E-state index contributed by atoms with van der Waals surface area (Å²) < 4.78 is 38.2. The standard InChI is InChI=1S/C18H19F3N2O/c1-22-17(24)12-23-11-16(13-5-3-2-4-6-13)14-7-9-15(10-8-14)18(19,20)21/h2-10,16,23H,11-12H2,1H3,(H,22,24). The Hall–Kier alpha value is -2.34. The molecule has 2 N–H and O–H groups in total. The van der Waals surface area contributed by atoms with Gasteiger partial charge in [0.1, 0.15) is 0 Å². The molecule has 0 bridgehead atoms. The lowest BCUT2D eigenvalue weighted by Gasteiger charge is -2.19. The Morgan fingerprint density at radius 2 is 1.58 bits per heavy atom. The average molecular weight is 336 g/mol. The molecule has 3 nitrogen and oxygen atoms in total. The van der Waals surface area contributed by atoms with Gasteiger partial charge in [0.15, 0.2) is 0 Å². The number of amides is 1. The van der Waals surface area contributed by atoms with Crippen molar-refractivity contribution in [3.05, 3.63) is 71.3 Å². The number of hydrogen-bond donors (Lipinski definition) is 2. The third-order valence-electron chi connectivity index (χ3n) is 3.76. The molecule has 0 aliphatic rings. The summed E-state index contributed by atoms with van der Waals surface area (Å²) in [6, 6.07) is 14.6. The van der Waals surface area contributed by atoms with E-state index in [1.54, 1.807) is 7.05 Å². The average Bonchev–Trinajstić information content (AvgIpc) is 2.58. The lowest BCUT2D eigenvalue weighted by molar-refractivity contribution is -0.137. The molecule has 128 valence electrons. The lowest BCUT2D eigenvalue weighted by Crippen LogP contribution is -2.33. The van der Waals surface area contributed by atoms with E-state index in [4.69, 9.17) is 0 Å². The summed E-state index contributed by atoms with van der Waals surface area (Å²) in [5, 5.41) is 5.56. The van der Waals surface area contributed by atoms with Gasteiger partial charge in [0.25, 0.3) is 0 Å². The summed E-state index contributed by atoms with van der Waals surface area (Å²) in [6.45, 7) is 0.600. The Kier molecular flexibility index (Phi) is 5.98. The second kappa shape index (κ2) is 7.97. The summed E-state index contributed by atoms with van der Waals surface area (Å²) in [5.41, 5.74) is 1.07. The Morgan fingerprint density at radius 1 is 1.00 bits per heavy atom. The van der Waals surface area contributed by atoms with Crippen molar-refractivity contribution in [2.24, 2.45) is 0 Å². The summed E-state index contributed by atoms with van der Waals surface area (Å²) in [6.07, 6.45) is -4.35. The van der Waals surface area contributed by atoms with Crippen LogP contribution in [0.4, 0.5) is 13.2 Å². The van der Waals surface area contributed by atoms with E-state index in [0.29, 0.717) is 6.54 Å². The molecule has 0 heterocycles. The van der Waals surface area contributed by atoms with Crippen LogP contribution < -0.4 is 10.6 Å². The Balaban J connectivity index is 2.20. The van der Waals surface area contributed by atoms with Crippen LogP contribution in [0.5, 0.6) is 0 Å². The zero-order valence-electron chi connectivity index (χ0n) is 13.2. The van der Waals surface area contributed by atoms with Crippen molar-refractivity contribution in [1.82, 2.24) is 10.6 Å². The first-order chi connectivity index (χ1) is 11.4. The molecule has 1 atom stereocenters. The number of carbonyl (C=O) groups is 1. The third-order valence-corrected chi connectivity index (χ3v) is 3.76. The molecule has 0 saturated carbocycles. The first-order valence-corrected chi connectivity index (χ1v) is 7.55. The molecule has 0 aliphatic heterocycles. The van der Waals surface area contributed by atoms with Crippen LogP contribution in [-0.4, -0.2) is 26.0 Å². The normalized spacial score (nSPS) is 12.7. The van der Waals surface area contributed by atoms with Crippen molar-refractivity contribution in [3.8, 4) is 0 Å². The van der Waals surface area contributed by atoms with Gasteiger partial charge < -0.3 is 10.6 Å². The van der Waals surface area contributed by atoms with Crippen molar-refractivity contribution in [2.45, 2.75) is 12.1 Å². The molecule has 0 aliphatic carbocycles. The van der Waals surface area contributed by atoms with E-state index >= 15 is 0 Å². The molecule has 2 aromatic carbocycles. The van der Waals surface area contributed by atoms with Crippen LogP contribution in [0.25, 0.3) is 0 Å². The van der Waals surface area contributed by atoms with Gasteiger partial charge in [0.2, 0.25) is 5.91 Å². The Labute approximate surface area is 138 Å². The van der Waals surface area contributed by atoms with Crippen LogP contribution in [0, 0.1) is 0 Å². The van der Waals surface area contributed by atoms with E-state index in [2.05, 4.69) is 10.6 Å². The van der Waals surface area contributed by atoms with Gasteiger partial charge in [-0.15, -0.1) is 0 Å². The molecule has 0 fully saturated rings. The van der Waals surface area contributed by atoms with Crippen molar-refractivity contribution in [3.63, 3.8) is 0 Å². The van der Waals surface area contributed by atoms with Gasteiger partial charge in [0.05, 0.1) is 12.1 Å². The lowest BCUT2D eigenvalue weighted by atomic mass is 9.90. The second-order valence-electron chi connectivity index (χ2n) is 5.39. The fourth-order valence-corrected chi connectivity index (χ4v) is 2.44. The number of benzene rings is 2. The van der Waals surface area contributed by atoms with Crippen LogP contribution in [0.1, 0.15) is 22.6 Å². The van der Waals surface area contributed by atoms with Gasteiger partial charge in [-0.1, -0.05) is 42.5 Å². The molecule has 0 radical (unpaired) electrons. The van der Waals surface area contributed by atoms with Crippen molar-refractivity contribution in [2.75, 3.05) is 20.1 Å². The Morgan fingerprint density at radius 3 is 2.12 bits per heavy atom. The first-order valence-electron chi connectivity index (χ1n) is 7.55. The topological polar surface area (TPSA) is 41.1 Å². The number of hydrogen-bond acceptors (Lipinski definition) is 2. The highest BCUT2D eigenvalue weighted by Crippen LogP contribution is 2.31. The Bertz CT molecular complexity index is 654. The van der Waals surface area contributed by atoms with E-state index in [9.17, 15) is 18.0 Å². The number of rotatable bonds is 6. The molecule has 1 amide bonds. The number of likely N-dealkylation sites (N-methyl/N-ethyl adjacent to an activating group) is 1. The maximum absolute atomic E-state index is 12.7. The first kappa shape index (κ1) is 18.0. The fourth-order valence-electron chi connectivity index (χ4n) is 2.44. The smallest absolute Gasteiger partial charge is 0.358 e. The minimum atomic E-state index is -4.35. The van der Waals surface area contributed by atoms with Crippen LogP contribution in [0.3, 0.4) is 0 Å².